The highest BCUT2D eigenvalue weighted by Crippen LogP contribution is 2.34. The lowest BCUT2D eigenvalue weighted by molar-refractivity contribution is 0.0526. The zero-order chi connectivity index (χ0) is 25.8. The van der Waals surface area contributed by atoms with Crippen LogP contribution >= 0.6 is 0 Å². The molecule has 7 heteroatoms. The molecular formula is C30H29NO6. The summed E-state index contributed by atoms with van der Waals surface area (Å²) in [6.07, 6.45) is 2.00. The Balaban J connectivity index is 1.35. The van der Waals surface area contributed by atoms with Crippen LogP contribution < -0.4 is 14.9 Å². The molecule has 2 heterocycles. The SMILES string of the molecule is CCOC(=O)c1ccc(Oc2c(C)oc3c4c(ccc3c2=O)OCN(CCCc2ccccc2)C4)cc1. The van der Waals surface area contributed by atoms with Crippen LogP contribution in [0.5, 0.6) is 17.2 Å². The first-order valence-electron chi connectivity index (χ1n) is 12.5. The van der Waals surface area contributed by atoms with Gasteiger partial charge in [0, 0.05) is 13.1 Å². The fourth-order valence-corrected chi connectivity index (χ4v) is 4.51. The van der Waals surface area contributed by atoms with Crippen LogP contribution in [0.25, 0.3) is 11.0 Å². The van der Waals surface area contributed by atoms with Crippen LogP contribution in [0.2, 0.25) is 0 Å². The molecule has 0 fully saturated rings. The van der Waals surface area contributed by atoms with E-state index >= 15 is 0 Å². The lowest BCUT2D eigenvalue weighted by atomic mass is 10.1. The van der Waals surface area contributed by atoms with Crippen molar-refractivity contribution in [3.05, 3.63) is 99.4 Å². The predicted molar refractivity (Wildman–Crippen MR) is 140 cm³/mol. The first-order valence-corrected chi connectivity index (χ1v) is 12.5. The Hall–Kier alpha value is -4.10. The number of rotatable bonds is 8. The van der Waals surface area contributed by atoms with Crippen molar-refractivity contribution in [1.82, 2.24) is 4.90 Å². The van der Waals surface area contributed by atoms with Crippen LogP contribution in [0, 0.1) is 6.92 Å². The summed E-state index contributed by atoms with van der Waals surface area (Å²) < 4.78 is 23.1. The summed E-state index contributed by atoms with van der Waals surface area (Å²) in [6.45, 7) is 5.78. The summed E-state index contributed by atoms with van der Waals surface area (Å²) in [4.78, 5) is 27.5. The molecule has 3 aromatic carbocycles. The molecule has 7 nitrogen and oxygen atoms in total. The van der Waals surface area contributed by atoms with Gasteiger partial charge in [-0.1, -0.05) is 30.3 Å². The molecule has 0 atom stereocenters. The smallest absolute Gasteiger partial charge is 0.338 e. The molecule has 0 N–H and O–H groups in total. The summed E-state index contributed by atoms with van der Waals surface area (Å²) >= 11 is 0. The monoisotopic (exact) mass is 499 g/mol. The van der Waals surface area contributed by atoms with Gasteiger partial charge in [0.05, 0.1) is 23.1 Å². The zero-order valence-corrected chi connectivity index (χ0v) is 21.0. The Morgan fingerprint density at radius 3 is 2.57 bits per heavy atom. The number of esters is 1. The number of hydrogen-bond acceptors (Lipinski definition) is 7. The van der Waals surface area contributed by atoms with Crippen LogP contribution in [0.4, 0.5) is 0 Å². The van der Waals surface area contributed by atoms with Crippen LogP contribution in [0.1, 0.15) is 40.6 Å². The minimum atomic E-state index is -0.406. The number of nitrogens with zero attached hydrogens (tertiary/aromatic N) is 1. The highest BCUT2D eigenvalue weighted by molar-refractivity contribution is 5.89. The second-order valence-electron chi connectivity index (χ2n) is 9.00. The van der Waals surface area contributed by atoms with Gasteiger partial charge in [0.25, 0.3) is 0 Å². The maximum atomic E-state index is 13.4. The minimum Gasteiger partial charge on any atom is -0.478 e. The van der Waals surface area contributed by atoms with Gasteiger partial charge in [0.1, 0.15) is 29.6 Å². The lowest BCUT2D eigenvalue weighted by Gasteiger charge is -2.29. The van der Waals surface area contributed by atoms with Gasteiger partial charge in [-0.25, -0.2) is 4.79 Å². The van der Waals surface area contributed by atoms with Crippen LogP contribution in [0.3, 0.4) is 0 Å². The summed E-state index contributed by atoms with van der Waals surface area (Å²) in [5.74, 6) is 1.25. The van der Waals surface area contributed by atoms with Gasteiger partial charge in [0.15, 0.2) is 0 Å². The molecule has 190 valence electrons. The molecule has 0 amide bonds. The molecule has 0 saturated heterocycles. The molecule has 1 aliphatic rings. The Morgan fingerprint density at radius 2 is 1.81 bits per heavy atom. The van der Waals surface area contributed by atoms with E-state index in [1.54, 1.807) is 44.2 Å². The summed E-state index contributed by atoms with van der Waals surface area (Å²) in [5.41, 5.74) is 2.87. The van der Waals surface area contributed by atoms with Crippen molar-refractivity contribution in [1.29, 1.82) is 0 Å². The molecule has 0 saturated carbocycles. The quantitative estimate of drug-likeness (QED) is 0.281. The second kappa shape index (κ2) is 10.9. The van der Waals surface area contributed by atoms with E-state index in [1.165, 1.54) is 5.56 Å². The topological polar surface area (TPSA) is 78.2 Å². The largest absolute Gasteiger partial charge is 0.478 e. The molecule has 0 radical (unpaired) electrons. The van der Waals surface area contributed by atoms with E-state index in [-0.39, 0.29) is 11.2 Å². The second-order valence-corrected chi connectivity index (χ2v) is 9.00. The maximum Gasteiger partial charge on any atom is 0.338 e. The average molecular weight is 500 g/mol. The first kappa shape index (κ1) is 24.6. The molecule has 4 aromatic rings. The van der Waals surface area contributed by atoms with Gasteiger partial charge in [-0.15, -0.1) is 0 Å². The standard InChI is InChI=1S/C30H29NO6/c1-3-34-30(33)22-11-13-23(14-12-22)37-28-20(2)36-29-24(27(28)32)15-16-26-25(29)18-31(19-35-26)17-7-10-21-8-5-4-6-9-21/h4-6,8-9,11-16H,3,7,10,17-19H2,1-2H3. The molecule has 1 aromatic heterocycles. The molecule has 1 aliphatic heterocycles. The van der Waals surface area contributed by atoms with Gasteiger partial charge >= 0.3 is 5.97 Å². The number of hydrogen-bond donors (Lipinski definition) is 0. The Bertz CT molecular complexity index is 1460. The van der Waals surface area contributed by atoms with E-state index in [9.17, 15) is 9.59 Å². The molecule has 5 rings (SSSR count). The van der Waals surface area contributed by atoms with E-state index < -0.39 is 5.97 Å². The fourth-order valence-electron chi connectivity index (χ4n) is 4.51. The summed E-state index contributed by atoms with van der Waals surface area (Å²) in [6, 6.07) is 20.4. The molecule has 0 aliphatic carbocycles. The number of ether oxygens (including phenoxy) is 3. The lowest BCUT2D eigenvalue weighted by Crippen LogP contribution is -2.33. The van der Waals surface area contributed by atoms with Gasteiger partial charge in [-0.2, -0.15) is 0 Å². The Kier molecular flexibility index (Phi) is 7.23. The van der Waals surface area contributed by atoms with E-state index in [1.807, 2.05) is 12.1 Å². The van der Waals surface area contributed by atoms with Crippen LogP contribution in [0.15, 0.2) is 75.9 Å². The normalized spacial score (nSPS) is 13.1. The maximum absolute atomic E-state index is 13.4. The average Bonchev–Trinajstić information content (AvgIpc) is 2.92. The molecule has 0 unspecified atom stereocenters. The number of benzene rings is 3. The Labute approximate surface area is 215 Å². The number of carbonyl (C=O) groups excluding carboxylic acids is 1. The number of fused-ring (bicyclic) bond motifs is 3. The van der Waals surface area contributed by atoms with Gasteiger partial charge in [-0.3, -0.25) is 9.69 Å². The van der Waals surface area contributed by atoms with E-state index in [0.717, 1.165) is 30.7 Å². The van der Waals surface area contributed by atoms with Gasteiger partial charge in [-0.05, 0) is 68.7 Å². The van der Waals surface area contributed by atoms with Crippen molar-refractivity contribution in [2.45, 2.75) is 33.2 Å². The van der Waals surface area contributed by atoms with Gasteiger partial charge < -0.3 is 18.6 Å². The highest BCUT2D eigenvalue weighted by Gasteiger charge is 2.24. The summed E-state index contributed by atoms with van der Waals surface area (Å²) in [5, 5.41) is 0.442. The summed E-state index contributed by atoms with van der Waals surface area (Å²) in [7, 11) is 0. The van der Waals surface area contributed by atoms with E-state index in [2.05, 4.69) is 29.2 Å². The number of aryl methyl sites for hydroxylation is 2. The predicted octanol–water partition coefficient (Wildman–Crippen LogP) is 5.86. The third kappa shape index (κ3) is 5.37. The van der Waals surface area contributed by atoms with Crippen molar-refractivity contribution in [2.24, 2.45) is 0 Å². The zero-order valence-electron chi connectivity index (χ0n) is 21.0. The molecule has 0 spiro atoms. The van der Waals surface area contributed by atoms with Crippen molar-refractivity contribution in [2.75, 3.05) is 19.9 Å². The van der Waals surface area contributed by atoms with Crippen LogP contribution in [-0.2, 0) is 17.7 Å². The minimum absolute atomic E-state index is 0.118. The fraction of sp³-hybridized carbons (Fsp3) is 0.267. The van der Waals surface area contributed by atoms with E-state index in [0.29, 0.717) is 47.9 Å². The third-order valence-electron chi connectivity index (χ3n) is 6.40. The highest BCUT2D eigenvalue weighted by atomic mass is 16.5. The van der Waals surface area contributed by atoms with Gasteiger partial charge in [0.2, 0.25) is 11.2 Å². The van der Waals surface area contributed by atoms with Crippen LogP contribution in [-0.4, -0.2) is 30.8 Å². The van der Waals surface area contributed by atoms with E-state index in [4.69, 9.17) is 18.6 Å². The molecular weight excluding hydrogens is 470 g/mol. The van der Waals surface area contributed by atoms with Crippen molar-refractivity contribution in [3.8, 4) is 17.2 Å². The van der Waals surface area contributed by atoms with Crippen molar-refractivity contribution in [3.63, 3.8) is 0 Å². The first-order chi connectivity index (χ1) is 18.0. The third-order valence-corrected chi connectivity index (χ3v) is 6.40. The molecule has 37 heavy (non-hydrogen) atoms. The van der Waals surface area contributed by atoms with Crippen molar-refractivity contribution >= 4 is 16.9 Å². The number of carbonyl (C=O) groups is 1. The molecule has 0 bridgehead atoms. The Morgan fingerprint density at radius 1 is 1.03 bits per heavy atom. The van der Waals surface area contributed by atoms with Crippen molar-refractivity contribution < 1.29 is 23.4 Å².